The smallest absolute Gasteiger partial charge is 0.415 e. The second kappa shape index (κ2) is 11.2. The van der Waals surface area contributed by atoms with Crippen molar-refractivity contribution in [2.75, 3.05) is 19.5 Å². The number of imidazole rings is 1. The standard InChI is InChI=1S/C21H30N5O7PS/c1-13(2)32-21(33-14(3)4,34(27,28)29)31-11-10-26-12-23-17-18(26)24-20(22)25-19(17)35-16-8-6-15(30-5)7-9-16/h6-9,12-14H,10-11H2,1-5H3,(H2,22,24,25)(H2,27,28,29). The van der Waals surface area contributed by atoms with Gasteiger partial charge in [0.1, 0.15) is 16.3 Å². The molecule has 0 fully saturated rings. The summed E-state index contributed by atoms with van der Waals surface area (Å²) < 4.78 is 35.6. The van der Waals surface area contributed by atoms with E-state index in [1.165, 1.54) is 18.1 Å². The summed E-state index contributed by atoms with van der Waals surface area (Å²) in [6.45, 7) is 6.49. The van der Waals surface area contributed by atoms with Crippen LogP contribution in [0.1, 0.15) is 27.7 Å². The molecule has 0 saturated heterocycles. The van der Waals surface area contributed by atoms with Crippen molar-refractivity contribution in [1.82, 2.24) is 19.5 Å². The average Bonchev–Trinajstić information content (AvgIpc) is 3.15. The lowest BCUT2D eigenvalue weighted by Crippen LogP contribution is -2.43. The first-order chi connectivity index (χ1) is 16.4. The number of fused-ring (bicyclic) bond motifs is 1. The zero-order valence-electron chi connectivity index (χ0n) is 20.1. The van der Waals surface area contributed by atoms with Gasteiger partial charge in [-0.25, -0.2) is 9.97 Å². The molecule has 0 saturated carbocycles. The van der Waals surface area contributed by atoms with Crippen molar-refractivity contribution in [3.8, 4) is 5.75 Å². The Balaban J connectivity index is 1.83. The third kappa shape index (κ3) is 6.70. The highest BCUT2D eigenvalue weighted by atomic mass is 32.2. The van der Waals surface area contributed by atoms with E-state index in [2.05, 4.69) is 15.0 Å². The van der Waals surface area contributed by atoms with E-state index in [0.717, 1.165) is 10.6 Å². The summed E-state index contributed by atoms with van der Waals surface area (Å²) in [5.74, 6) is 0.798. The summed E-state index contributed by atoms with van der Waals surface area (Å²) in [4.78, 5) is 33.9. The Labute approximate surface area is 207 Å². The molecule has 0 bridgehead atoms. The van der Waals surface area contributed by atoms with Crippen molar-refractivity contribution in [2.24, 2.45) is 0 Å². The maximum absolute atomic E-state index is 12.3. The zero-order chi connectivity index (χ0) is 25.8. The predicted molar refractivity (Wildman–Crippen MR) is 130 cm³/mol. The highest BCUT2D eigenvalue weighted by Gasteiger charge is 2.53. The Morgan fingerprint density at radius 1 is 1.11 bits per heavy atom. The Morgan fingerprint density at radius 3 is 2.29 bits per heavy atom. The van der Waals surface area contributed by atoms with Crippen molar-refractivity contribution >= 4 is 36.5 Å². The van der Waals surface area contributed by atoms with Gasteiger partial charge in [-0.15, -0.1) is 0 Å². The molecule has 0 atom stereocenters. The van der Waals surface area contributed by atoms with Crippen LogP contribution in [0.3, 0.4) is 0 Å². The van der Waals surface area contributed by atoms with Crippen LogP contribution in [0, 0.1) is 0 Å². The summed E-state index contributed by atoms with van der Waals surface area (Å²) >= 11 is 1.37. The second-order valence-electron chi connectivity index (χ2n) is 8.02. The number of hydrogen-bond donors (Lipinski definition) is 3. The maximum Gasteiger partial charge on any atom is 0.415 e. The van der Waals surface area contributed by atoms with E-state index in [0.29, 0.717) is 16.2 Å². The lowest BCUT2D eigenvalue weighted by molar-refractivity contribution is -0.355. The first-order valence-corrected chi connectivity index (χ1v) is 13.2. The van der Waals surface area contributed by atoms with Gasteiger partial charge >= 0.3 is 13.3 Å². The zero-order valence-corrected chi connectivity index (χ0v) is 21.8. The average molecular weight is 528 g/mol. The molecule has 2 aromatic heterocycles. The number of benzene rings is 1. The van der Waals surface area contributed by atoms with Gasteiger partial charge in [0, 0.05) is 11.4 Å². The van der Waals surface area contributed by atoms with Crippen LogP contribution < -0.4 is 10.5 Å². The molecule has 3 rings (SSSR count). The summed E-state index contributed by atoms with van der Waals surface area (Å²) in [6.07, 6.45) is 0.396. The minimum atomic E-state index is -4.98. The van der Waals surface area contributed by atoms with Crippen molar-refractivity contribution in [3.63, 3.8) is 0 Å². The van der Waals surface area contributed by atoms with Crippen LogP contribution >= 0.6 is 19.4 Å². The van der Waals surface area contributed by atoms with Crippen LogP contribution in [0.25, 0.3) is 11.2 Å². The third-order valence-corrected chi connectivity index (χ3v) is 6.51. The van der Waals surface area contributed by atoms with Crippen molar-refractivity contribution < 1.29 is 33.3 Å². The fraction of sp³-hybridized carbons (Fsp3) is 0.476. The van der Waals surface area contributed by atoms with Gasteiger partial charge in [-0.3, -0.25) is 4.57 Å². The van der Waals surface area contributed by atoms with Crippen LogP contribution in [-0.2, 0) is 25.3 Å². The van der Waals surface area contributed by atoms with Crippen LogP contribution in [0.4, 0.5) is 5.95 Å². The van der Waals surface area contributed by atoms with Gasteiger partial charge in [-0.2, -0.15) is 4.98 Å². The topological polar surface area (TPSA) is 164 Å². The van der Waals surface area contributed by atoms with Crippen molar-refractivity contribution in [3.05, 3.63) is 30.6 Å². The second-order valence-corrected chi connectivity index (χ2v) is 10.7. The Kier molecular flexibility index (Phi) is 8.76. The largest absolute Gasteiger partial charge is 0.497 e. The molecular formula is C21H30N5O7PS. The number of aromatic nitrogens is 4. The highest BCUT2D eigenvalue weighted by molar-refractivity contribution is 7.99. The van der Waals surface area contributed by atoms with Crippen LogP contribution in [-0.4, -0.2) is 60.9 Å². The fourth-order valence-electron chi connectivity index (χ4n) is 3.11. The Hall–Kier alpha value is -2.25. The number of nitrogens with two attached hydrogens (primary N) is 1. The molecule has 2 heterocycles. The fourth-order valence-corrected chi connectivity index (χ4v) is 4.94. The van der Waals surface area contributed by atoms with Crippen molar-refractivity contribution in [2.45, 2.75) is 62.1 Å². The number of hydrogen-bond acceptors (Lipinski definition) is 10. The molecule has 0 aliphatic carbocycles. The van der Waals surface area contributed by atoms with E-state index in [1.807, 2.05) is 24.3 Å². The number of anilines is 1. The Morgan fingerprint density at radius 2 is 1.74 bits per heavy atom. The molecule has 0 unspecified atom stereocenters. The molecule has 0 radical (unpaired) electrons. The first kappa shape index (κ1) is 27.3. The van der Waals surface area contributed by atoms with Gasteiger partial charge in [-0.1, -0.05) is 11.8 Å². The van der Waals surface area contributed by atoms with Gasteiger partial charge in [-0.05, 0) is 52.0 Å². The SMILES string of the molecule is COc1ccc(Sc2nc(N)nc3c2ncn3CCOC(OC(C)C)(OC(C)C)P(=O)(O)O)cc1. The number of nitrogen functional groups attached to an aromatic ring is 1. The third-order valence-electron chi connectivity index (χ3n) is 4.47. The molecule has 0 aliphatic heterocycles. The van der Waals surface area contributed by atoms with Gasteiger partial charge in [0.2, 0.25) is 5.95 Å². The molecule has 35 heavy (non-hydrogen) atoms. The summed E-state index contributed by atoms with van der Waals surface area (Å²) in [5.41, 5.74) is 4.39. The van der Waals surface area contributed by atoms with Crippen molar-refractivity contribution in [1.29, 1.82) is 0 Å². The van der Waals surface area contributed by atoms with Gasteiger partial charge in [0.05, 0.1) is 32.3 Å². The number of nitrogens with zero attached hydrogens (tertiary/aromatic N) is 4. The summed E-state index contributed by atoms with van der Waals surface area (Å²) in [6, 6.07) is 7.46. The molecule has 3 aromatic rings. The summed E-state index contributed by atoms with van der Waals surface area (Å²) in [5, 5.41) is 0.563. The lowest BCUT2D eigenvalue weighted by atomic mass is 10.3. The van der Waals surface area contributed by atoms with Crippen LogP contribution in [0.15, 0.2) is 40.5 Å². The molecular weight excluding hydrogens is 497 g/mol. The lowest BCUT2D eigenvalue weighted by Gasteiger charge is -2.35. The predicted octanol–water partition coefficient (Wildman–Crippen LogP) is 3.22. The maximum atomic E-state index is 12.3. The van der Waals surface area contributed by atoms with E-state index in [4.69, 9.17) is 24.7 Å². The van der Waals surface area contributed by atoms with E-state index in [9.17, 15) is 14.4 Å². The molecule has 4 N–H and O–H groups in total. The molecule has 12 nitrogen and oxygen atoms in total. The van der Waals surface area contributed by atoms with Crippen LogP contribution in [0.5, 0.6) is 5.75 Å². The molecule has 0 amide bonds. The van der Waals surface area contributed by atoms with Crippen LogP contribution in [0.2, 0.25) is 0 Å². The summed E-state index contributed by atoms with van der Waals surface area (Å²) in [7, 11) is -3.38. The minimum absolute atomic E-state index is 0.0621. The van der Waals surface area contributed by atoms with Gasteiger partial charge in [0.25, 0.3) is 0 Å². The first-order valence-electron chi connectivity index (χ1n) is 10.8. The molecule has 0 spiro atoms. The quantitative estimate of drug-likeness (QED) is 0.179. The Bertz CT molecular complexity index is 1170. The van der Waals surface area contributed by atoms with E-state index < -0.39 is 25.5 Å². The van der Waals surface area contributed by atoms with E-state index in [1.54, 1.807) is 39.4 Å². The number of rotatable bonds is 12. The number of ether oxygens (including phenoxy) is 4. The highest BCUT2D eigenvalue weighted by Crippen LogP contribution is 2.54. The molecule has 1 aromatic carbocycles. The van der Waals surface area contributed by atoms with Gasteiger partial charge in [0.15, 0.2) is 5.65 Å². The molecule has 14 heteroatoms. The monoisotopic (exact) mass is 527 g/mol. The normalized spacial score (nSPS) is 12.7. The minimum Gasteiger partial charge on any atom is -0.497 e. The molecule has 192 valence electrons. The number of methoxy groups -OCH3 is 1. The van der Waals surface area contributed by atoms with E-state index in [-0.39, 0.29) is 19.1 Å². The van der Waals surface area contributed by atoms with Gasteiger partial charge < -0.3 is 39.0 Å². The molecule has 0 aliphatic rings. The van der Waals surface area contributed by atoms with E-state index >= 15 is 0 Å².